The molecule has 0 atom stereocenters. The predicted octanol–water partition coefficient (Wildman–Crippen LogP) is -5.93. The van der Waals surface area contributed by atoms with E-state index in [1.54, 1.807) is 0 Å². The second-order valence-corrected chi connectivity index (χ2v) is 3.40. The average molecular weight is 453 g/mol. The summed E-state index contributed by atoms with van der Waals surface area (Å²) >= 11 is 0. The van der Waals surface area contributed by atoms with E-state index in [0.29, 0.717) is 0 Å². The van der Waals surface area contributed by atoms with E-state index in [1.807, 2.05) is 6.07 Å². The molecule has 2 aromatic carbocycles. The Balaban J connectivity index is 0. The van der Waals surface area contributed by atoms with E-state index in [4.69, 9.17) is 0 Å². The maximum atomic E-state index is 3.30. The van der Waals surface area contributed by atoms with Crippen LogP contribution in [-0.2, 0) is 28.1 Å². The first-order chi connectivity index (χ1) is 6.45. The SMILES string of the molecule is [Br-].[Br-].[Br-].[Ti+4].[c-]1cccc2c1Cc1ccccc1-2. The molecule has 0 heterocycles. The van der Waals surface area contributed by atoms with Crippen molar-refractivity contribution in [2.75, 3.05) is 0 Å². The molecule has 0 nitrogen and oxygen atoms in total. The van der Waals surface area contributed by atoms with Gasteiger partial charge in [0.15, 0.2) is 0 Å². The van der Waals surface area contributed by atoms with Gasteiger partial charge in [0, 0.05) is 0 Å². The minimum absolute atomic E-state index is 0. The first-order valence-corrected chi connectivity index (χ1v) is 4.53. The summed E-state index contributed by atoms with van der Waals surface area (Å²) in [5, 5.41) is 0. The molecule has 0 unspecified atom stereocenters. The second-order valence-electron chi connectivity index (χ2n) is 3.40. The minimum Gasteiger partial charge on any atom is -1.00 e. The standard InChI is InChI=1S/C13H9.3BrH.Ti/c1-3-7-12-10(5-1)9-11-6-2-4-8-13(11)12;;;;/h1-5,7-8H,9H2;3*1H;/q-1;;;;+4/p-3. The fourth-order valence-electron chi connectivity index (χ4n) is 2.00. The Morgan fingerprint density at radius 2 is 1.47 bits per heavy atom. The van der Waals surface area contributed by atoms with Crippen LogP contribution < -0.4 is 50.9 Å². The molecule has 1 aliphatic carbocycles. The third kappa shape index (κ3) is 3.78. The van der Waals surface area contributed by atoms with Crippen LogP contribution in [0.3, 0.4) is 0 Å². The van der Waals surface area contributed by atoms with Crippen LogP contribution in [0.15, 0.2) is 42.5 Å². The van der Waals surface area contributed by atoms with Gasteiger partial charge in [-0.1, -0.05) is 35.4 Å². The molecule has 4 heteroatoms. The van der Waals surface area contributed by atoms with Crippen LogP contribution in [0.1, 0.15) is 11.1 Å². The monoisotopic (exact) mass is 450 g/mol. The second kappa shape index (κ2) is 8.65. The van der Waals surface area contributed by atoms with Crippen molar-refractivity contribution in [2.24, 2.45) is 0 Å². The van der Waals surface area contributed by atoms with Crippen molar-refractivity contribution < 1.29 is 72.7 Å². The number of fused-ring (bicyclic) bond motifs is 3. The zero-order valence-corrected chi connectivity index (χ0v) is 15.2. The van der Waals surface area contributed by atoms with E-state index in [1.165, 1.54) is 22.3 Å². The fourth-order valence-corrected chi connectivity index (χ4v) is 2.00. The Kier molecular flexibility index (Phi) is 10.1. The molecular formula is C13H9Br3Ti. The van der Waals surface area contributed by atoms with Crippen molar-refractivity contribution in [3.8, 4) is 11.1 Å². The maximum absolute atomic E-state index is 3.30. The van der Waals surface area contributed by atoms with Crippen LogP contribution in [0, 0.1) is 6.07 Å². The zero-order chi connectivity index (χ0) is 8.67. The molecule has 2 aromatic rings. The summed E-state index contributed by atoms with van der Waals surface area (Å²) < 4.78 is 0. The minimum atomic E-state index is 0. The molecule has 0 radical (unpaired) electrons. The molecule has 0 spiro atoms. The summed E-state index contributed by atoms with van der Waals surface area (Å²) in [6.07, 6.45) is 1.05. The Labute approximate surface area is 148 Å². The van der Waals surface area contributed by atoms with E-state index in [9.17, 15) is 0 Å². The third-order valence-corrected chi connectivity index (χ3v) is 2.62. The van der Waals surface area contributed by atoms with Gasteiger partial charge in [-0.25, -0.2) is 0 Å². The van der Waals surface area contributed by atoms with Crippen molar-refractivity contribution in [3.63, 3.8) is 0 Å². The Bertz CT molecular complexity index is 428. The van der Waals surface area contributed by atoms with Crippen LogP contribution in [-0.4, -0.2) is 0 Å². The summed E-state index contributed by atoms with van der Waals surface area (Å²) in [6, 6.07) is 18.1. The molecule has 0 saturated carbocycles. The summed E-state index contributed by atoms with van der Waals surface area (Å²) in [5.74, 6) is 0. The zero-order valence-electron chi connectivity index (χ0n) is 8.88. The quantitative estimate of drug-likeness (QED) is 0.235. The van der Waals surface area contributed by atoms with Gasteiger partial charge in [0.25, 0.3) is 0 Å². The van der Waals surface area contributed by atoms with E-state index in [-0.39, 0.29) is 72.7 Å². The van der Waals surface area contributed by atoms with Crippen LogP contribution in [0.25, 0.3) is 11.1 Å². The van der Waals surface area contributed by atoms with Gasteiger partial charge in [0.1, 0.15) is 0 Å². The maximum Gasteiger partial charge on any atom is 4.00 e. The average Bonchev–Trinajstić information content (AvgIpc) is 2.56. The van der Waals surface area contributed by atoms with Crippen molar-refractivity contribution in [1.82, 2.24) is 0 Å². The molecule has 17 heavy (non-hydrogen) atoms. The van der Waals surface area contributed by atoms with Gasteiger partial charge in [-0.2, -0.15) is 29.8 Å². The summed E-state index contributed by atoms with van der Waals surface area (Å²) in [7, 11) is 0. The molecule has 0 aromatic heterocycles. The number of benzene rings is 2. The van der Waals surface area contributed by atoms with Crippen molar-refractivity contribution in [1.29, 1.82) is 0 Å². The topological polar surface area (TPSA) is 0 Å². The fraction of sp³-hybridized carbons (Fsp3) is 0.0769. The van der Waals surface area contributed by atoms with Crippen LogP contribution in [0.2, 0.25) is 0 Å². The molecule has 86 valence electrons. The molecule has 0 saturated heterocycles. The normalized spacial score (nSPS) is 9.41. The van der Waals surface area contributed by atoms with Gasteiger partial charge in [-0.3, -0.25) is 0 Å². The van der Waals surface area contributed by atoms with E-state index in [0.717, 1.165) is 6.42 Å². The van der Waals surface area contributed by atoms with E-state index >= 15 is 0 Å². The van der Waals surface area contributed by atoms with Crippen LogP contribution in [0.4, 0.5) is 0 Å². The van der Waals surface area contributed by atoms with Crippen molar-refractivity contribution in [3.05, 3.63) is 59.7 Å². The van der Waals surface area contributed by atoms with Crippen molar-refractivity contribution >= 4 is 0 Å². The van der Waals surface area contributed by atoms with Gasteiger partial charge in [0.05, 0.1) is 0 Å². The molecule has 0 N–H and O–H groups in total. The van der Waals surface area contributed by atoms with Crippen molar-refractivity contribution in [2.45, 2.75) is 6.42 Å². The Morgan fingerprint density at radius 1 is 0.824 bits per heavy atom. The Morgan fingerprint density at radius 3 is 2.24 bits per heavy atom. The molecule has 0 bridgehead atoms. The summed E-state index contributed by atoms with van der Waals surface area (Å²) in [6.45, 7) is 0. The van der Waals surface area contributed by atoms with Gasteiger partial charge in [-0.05, 0) is 6.42 Å². The molecule has 0 amide bonds. The summed E-state index contributed by atoms with van der Waals surface area (Å²) in [5.41, 5.74) is 5.51. The summed E-state index contributed by atoms with van der Waals surface area (Å²) in [4.78, 5) is 0. The number of rotatable bonds is 0. The largest absolute Gasteiger partial charge is 4.00 e. The van der Waals surface area contributed by atoms with Gasteiger partial charge in [-0.15, -0.1) is 5.56 Å². The number of hydrogen-bond donors (Lipinski definition) is 0. The molecule has 0 aliphatic heterocycles. The molecule has 1 aliphatic rings. The third-order valence-electron chi connectivity index (χ3n) is 2.62. The number of hydrogen-bond acceptors (Lipinski definition) is 0. The molecule has 0 fully saturated rings. The van der Waals surface area contributed by atoms with Crippen LogP contribution >= 0.6 is 0 Å². The Hall–Kier alpha value is 0.594. The van der Waals surface area contributed by atoms with E-state index in [2.05, 4.69) is 42.5 Å². The molecule has 3 rings (SSSR count). The van der Waals surface area contributed by atoms with Gasteiger partial charge in [0.2, 0.25) is 0 Å². The van der Waals surface area contributed by atoms with Crippen LogP contribution in [0.5, 0.6) is 0 Å². The first kappa shape index (κ1) is 19.9. The van der Waals surface area contributed by atoms with Gasteiger partial charge >= 0.3 is 21.7 Å². The predicted molar refractivity (Wildman–Crippen MR) is 53.5 cm³/mol. The molecular weight excluding hydrogens is 444 g/mol. The van der Waals surface area contributed by atoms with E-state index < -0.39 is 0 Å². The smallest absolute Gasteiger partial charge is 1.00 e. The van der Waals surface area contributed by atoms with Gasteiger partial charge < -0.3 is 50.9 Å². The first-order valence-electron chi connectivity index (χ1n) is 4.53. The number of halogens is 3.